The molecule has 3 nitrogen and oxygen atoms in total. The lowest BCUT2D eigenvalue weighted by Gasteiger charge is -2.09. The number of anilines is 1. The Kier molecular flexibility index (Phi) is 5.10. The third-order valence-electron chi connectivity index (χ3n) is 3.23. The van der Waals surface area contributed by atoms with Crippen LogP contribution in [-0.4, -0.2) is 16.5 Å². The summed E-state index contributed by atoms with van der Waals surface area (Å²) in [4.78, 5) is 9.26. The fourth-order valence-electron chi connectivity index (χ4n) is 2.20. The summed E-state index contributed by atoms with van der Waals surface area (Å²) in [6.07, 6.45) is 3.02. The minimum atomic E-state index is 0.872. The van der Waals surface area contributed by atoms with Crippen molar-refractivity contribution < 1.29 is 0 Å². The molecular formula is C17H23N3. The van der Waals surface area contributed by atoms with Gasteiger partial charge in [0.05, 0.1) is 5.69 Å². The first kappa shape index (κ1) is 14.5. The molecule has 0 atom stereocenters. The van der Waals surface area contributed by atoms with E-state index < -0.39 is 0 Å². The maximum absolute atomic E-state index is 4.70. The van der Waals surface area contributed by atoms with Gasteiger partial charge in [0.1, 0.15) is 11.6 Å². The van der Waals surface area contributed by atoms with Crippen LogP contribution in [0.5, 0.6) is 0 Å². The van der Waals surface area contributed by atoms with Crippen molar-refractivity contribution in [3.8, 4) is 11.3 Å². The van der Waals surface area contributed by atoms with Crippen LogP contribution in [0.2, 0.25) is 0 Å². The quantitative estimate of drug-likeness (QED) is 0.858. The Bertz CT molecular complexity index is 540. The molecule has 0 fully saturated rings. The molecule has 0 radical (unpaired) electrons. The molecule has 1 N–H and O–H groups in total. The molecule has 0 bridgehead atoms. The van der Waals surface area contributed by atoms with Crippen LogP contribution in [0.3, 0.4) is 0 Å². The molecule has 3 heteroatoms. The number of nitrogens with zero attached hydrogens (tertiary/aromatic N) is 2. The average Bonchev–Trinajstić information content (AvgIpc) is 2.48. The Morgan fingerprint density at radius 3 is 2.60 bits per heavy atom. The first-order valence-corrected chi connectivity index (χ1v) is 7.48. The van der Waals surface area contributed by atoms with Crippen LogP contribution in [-0.2, 0) is 12.8 Å². The van der Waals surface area contributed by atoms with Gasteiger partial charge in [-0.2, -0.15) is 0 Å². The molecule has 1 aromatic heterocycles. The van der Waals surface area contributed by atoms with E-state index in [1.807, 2.05) is 6.07 Å². The summed E-state index contributed by atoms with van der Waals surface area (Å²) in [5.74, 6) is 1.84. The van der Waals surface area contributed by atoms with Crippen LogP contribution in [0.1, 0.15) is 38.6 Å². The molecule has 0 aliphatic rings. The van der Waals surface area contributed by atoms with E-state index in [9.17, 15) is 0 Å². The van der Waals surface area contributed by atoms with Gasteiger partial charge in [0.2, 0.25) is 0 Å². The van der Waals surface area contributed by atoms with Gasteiger partial charge in [0.15, 0.2) is 0 Å². The van der Waals surface area contributed by atoms with Gasteiger partial charge in [-0.15, -0.1) is 0 Å². The van der Waals surface area contributed by atoms with Gasteiger partial charge in [-0.3, -0.25) is 0 Å². The van der Waals surface area contributed by atoms with Crippen LogP contribution < -0.4 is 5.32 Å². The zero-order chi connectivity index (χ0) is 14.4. The summed E-state index contributed by atoms with van der Waals surface area (Å²) in [7, 11) is 0. The van der Waals surface area contributed by atoms with Crippen molar-refractivity contribution in [1.82, 2.24) is 9.97 Å². The zero-order valence-electron chi connectivity index (χ0n) is 12.6. The van der Waals surface area contributed by atoms with Gasteiger partial charge in [-0.05, 0) is 31.4 Å². The van der Waals surface area contributed by atoms with E-state index in [1.54, 1.807) is 0 Å². The van der Waals surface area contributed by atoms with Crippen molar-refractivity contribution in [1.29, 1.82) is 0 Å². The summed E-state index contributed by atoms with van der Waals surface area (Å²) < 4.78 is 0. The second-order valence-electron chi connectivity index (χ2n) is 4.89. The fourth-order valence-corrected chi connectivity index (χ4v) is 2.20. The highest BCUT2D eigenvalue weighted by Gasteiger charge is 2.06. The standard InChI is InChI=1S/C17H23N3/c1-4-8-16-19-15(12-17(20-16)18-6-3)14-10-7-9-13(5-2)11-14/h7,9-12H,4-6,8H2,1-3H3,(H,18,19,20). The van der Waals surface area contributed by atoms with Crippen LogP contribution in [0, 0.1) is 0 Å². The number of aromatic nitrogens is 2. The third-order valence-corrected chi connectivity index (χ3v) is 3.23. The Labute approximate surface area is 121 Å². The lowest BCUT2D eigenvalue weighted by molar-refractivity contribution is 0.836. The monoisotopic (exact) mass is 269 g/mol. The van der Waals surface area contributed by atoms with Crippen LogP contribution >= 0.6 is 0 Å². The van der Waals surface area contributed by atoms with Gasteiger partial charge in [0.25, 0.3) is 0 Å². The molecule has 0 aliphatic heterocycles. The van der Waals surface area contributed by atoms with E-state index in [0.717, 1.165) is 43.1 Å². The second-order valence-corrected chi connectivity index (χ2v) is 4.89. The summed E-state index contributed by atoms with van der Waals surface area (Å²) in [6, 6.07) is 10.6. The molecule has 2 aromatic rings. The van der Waals surface area contributed by atoms with Crippen LogP contribution in [0.4, 0.5) is 5.82 Å². The number of hydrogen-bond acceptors (Lipinski definition) is 3. The van der Waals surface area contributed by atoms with Crippen molar-refractivity contribution >= 4 is 5.82 Å². The summed E-state index contributed by atoms with van der Waals surface area (Å²) in [5.41, 5.74) is 3.51. The molecule has 2 rings (SSSR count). The van der Waals surface area contributed by atoms with Crippen molar-refractivity contribution in [2.45, 2.75) is 40.0 Å². The lowest BCUT2D eigenvalue weighted by Crippen LogP contribution is -2.04. The lowest BCUT2D eigenvalue weighted by atomic mass is 10.1. The third kappa shape index (κ3) is 3.56. The fraction of sp³-hybridized carbons (Fsp3) is 0.412. The number of aryl methyl sites for hydroxylation is 2. The Hall–Kier alpha value is -1.90. The maximum atomic E-state index is 4.70. The van der Waals surface area contributed by atoms with E-state index in [0.29, 0.717) is 0 Å². The van der Waals surface area contributed by atoms with Crippen LogP contribution in [0.15, 0.2) is 30.3 Å². The molecule has 0 saturated heterocycles. The Morgan fingerprint density at radius 2 is 1.90 bits per heavy atom. The van der Waals surface area contributed by atoms with E-state index in [-0.39, 0.29) is 0 Å². The Balaban J connectivity index is 2.42. The van der Waals surface area contributed by atoms with E-state index in [1.165, 1.54) is 11.1 Å². The molecule has 20 heavy (non-hydrogen) atoms. The van der Waals surface area contributed by atoms with Crippen LogP contribution in [0.25, 0.3) is 11.3 Å². The minimum absolute atomic E-state index is 0.872. The molecule has 0 aliphatic carbocycles. The van der Waals surface area contributed by atoms with E-state index in [2.05, 4.69) is 55.3 Å². The molecule has 1 aromatic carbocycles. The highest BCUT2D eigenvalue weighted by Crippen LogP contribution is 2.21. The zero-order valence-corrected chi connectivity index (χ0v) is 12.6. The maximum Gasteiger partial charge on any atom is 0.131 e. The SMILES string of the molecule is CCCc1nc(NCC)cc(-c2cccc(CC)c2)n1. The first-order chi connectivity index (χ1) is 9.76. The van der Waals surface area contributed by atoms with Crippen molar-refractivity contribution in [3.63, 3.8) is 0 Å². The topological polar surface area (TPSA) is 37.8 Å². The number of nitrogens with one attached hydrogen (secondary N) is 1. The highest BCUT2D eigenvalue weighted by atomic mass is 15.0. The predicted octanol–water partition coefficient (Wildman–Crippen LogP) is 4.09. The minimum Gasteiger partial charge on any atom is -0.370 e. The van der Waals surface area contributed by atoms with Crippen molar-refractivity contribution in [2.24, 2.45) is 0 Å². The van der Waals surface area contributed by atoms with Gasteiger partial charge < -0.3 is 5.32 Å². The van der Waals surface area contributed by atoms with Gasteiger partial charge >= 0.3 is 0 Å². The molecule has 0 saturated carbocycles. The number of benzene rings is 1. The summed E-state index contributed by atoms with van der Waals surface area (Å²) in [5, 5.41) is 3.29. The predicted molar refractivity (Wildman–Crippen MR) is 85.0 cm³/mol. The molecule has 106 valence electrons. The van der Waals surface area contributed by atoms with E-state index >= 15 is 0 Å². The molecule has 0 amide bonds. The second kappa shape index (κ2) is 7.04. The average molecular weight is 269 g/mol. The number of hydrogen-bond donors (Lipinski definition) is 1. The smallest absolute Gasteiger partial charge is 0.131 e. The van der Waals surface area contributed by atoms with Crippen molar-refractivity contribution in [2.75, 3.05) is 11.9 Å². The molecule has 0 unspecified atom stereocenters. The first-order valence-electron chi connectivity index (χ1n) is 7.48. The van der Waals surface area contributed by atoms with Gasteiger partial charge in [0, 0.05) is 24.6 Å². The van der Waals surface area contributed by atoms with Gasteiger partial charge in [-0.1, -0.05) is 32.0 Å². The Morgan fingerprint density at radius 1 is 1.05 bits per heavy atom. The highest BCUT2D eigenvalue weighted by molar-refractivity contribution is 5.63. The summed E-state index contributed by atoms with van der Waals surface area (Å²) >= 11 is 0. The normalized spacial score (nSPS) is 10.6. The number of rotatable bonds is 6. The van der Waals surface area contributed by atoms with E-state index in [4.69, 9.17) is 4.98 Å². The largest absolute Gasteiger partial charge is 0.370 e. The molecule has 0 spiro atoms. The van der Waals surface area contributed by atoms with Crippen molar-refractivity contribution in [3.05, 3.63) is 41.7 Å². The summed E-state index contributed by atoms with van der Waals surface area (Å²) in [6.45, 7) is 7.28. The molecule has 1 heterocycles. The molecular weight excluding hydrogens is 246 g/mol. The van der Waals surface area contributed by atoms with Gasteiger partial charge in [-0.25, -0.2) is 9.97 Å².